The average molecular weight is 559 g/mol. The van der Waals surface area contributed by atoms with Gasteiger partial charge in [-0.25, -0.2) is 9.78 Å². The van der Waals surface area contributed by atoms with Crippen molar-refractivity contribution in [2.24, 2.45) is 11.5 Å². The second-order valence-corrected chi connectivity index (χ2v) is 8.55. The Kier molecular flexibility index (Phi) is 7.02. The molecule has 2 aromatic heterocycles. The summed E-state index contributed by atoms with van der Waals surface area (Å²) in [5.41, 5.74) is 11.7. The highest BCUT2D eigenvalue weighted by atomic mass is 16.5. The van der Waals surface area contributed by atoms with Crippen LogP contribution in [0.1, 0.15) is 21.6 Å². The van der Waals surface area contributed by atoms with Crippen LogP contribution in [0.3, 0.4) is 0 Å². The van der Waals surface area contributed by atoms with E-state index in [1.54, 1.807) is 30.5 Å². The fraction of sp³-hybridized carbons (Fsp3) is 0.0800. The zero-order valence-corrected chi connectivity index (χ0v) is 21.0. The van der Waals surface area contributed by atoms with Crippen LogP contribution in [0.4, 0.5) is 11.4 Å². The number of imidazole rings is 1. The molecule has 1 aliphatic rings. The second kappa shape index (κ2) is 10.9. The number of guanidine groups is 1. The van der Waals surface area contributed by atoms with Gasteiger partial charge in [0.1, 0.15) is 17.3 Å². The quantitative estimate of drug-likeness (QED) is 0.108. The van der Waals surface area contributed by atoms with E-state index in [4.69, 9.17) is 36.5 Å². The van der Waals surface area contributed by atoms with E-state index in [1.165, 1.54) is 18.5 Å². The number of rotatable bonds is 9. The number of anilines is 2. The summed E-state index contributed by atoms with van der Waals surface area (Å²) in [5, 5.41) is 30.0. The number of fused-ring (bicyclic) bond motifs is 1. The molecule has 1 aliphatic heterocycles. The van der Waals surface area contributed by atoms with Gasteiger partial charge in [0.2, 0.25) is 5.88 Å². The highest BCUT2D eigenvalue weighted by Crippen LogP contribution is 2.40. The number of carbonyl (C=O) groups is 2. The number of nitrogen functional groups attached to an aromatic ring is 1. The summed E-state index contributed by atoms with van der Waals surface area (Å²) in [6.45, 7) is 0. The monoisotopic (exact) mass is 558 g/mol. The van der Waals surface area contributed by atoms with Crippen molar-refractivity contribution in [3.8, 4) is 29.3 Å². The second-order valence-electron chi connectivity index (χ2n) is 8.55. The zero-order chi connectivity index (χ0) is 29.1. The first-order chi connectivity index (χ1) is 19.7. The number of ether oxygens (including phenoxy) is 3. The molecule has 1 atom stereocenters. The molecule has 208 valence electrons. The van der Waals surface area contributed by atoms with Gasteiger partial charge in [-0.2, -0.15) is 9.97 Å². The molecule has 3 heterocycles. The molecule has 1 amide bonds. The molecule has 41 heavy (non-hydrogen) atoms. The highest BCUT2D eigenvalue weighted by molar-refractivity contribution is 6.05. The van der Waals surface area contributed by atoms with Gasteiger partial charge in [0.15, 0.2) is 17.8 Å². The normalized spacial score (nSPS) is 13.8. The predicted molar refractivity (Wildman–Crippen MR) is 144 cm³/mol. The Morgan fingerprint density at radius 2 is 1.90 bits per heavy atom. The Morgan fingerprint density at radius 3 is 2.61 bits per heavy atom. The Bertz CT molecular complexity index is 1670. The van der Waals surface area contributed by atoms with Crippen molar-refractivity contribution < 1.29 is 28.9 Å². The van der Waals surface area contributed by atoms with Crippen molar-refractivity contribution in [1.29, 1.82) is 10.8 Å². The van der Waals surface area contributed by atoms with E-state index in [0.29, 0.717) is 11.4 Å². The molecule has 0 aliphatic carbocycles. The number of amides is 1. The van der Waals surface area contributed by atoms with Crippen LogP contribution in [-0.4, -0.2) is 54.8 Å². The molecule has 5 rings (SSSR count). The van der Waals surface area contributed by atoms with Gasteiger partial charge in [-0.1, -0.05) is 6.07 Å². The number of aromatic nitrogens is 4. The fourth-order valence-corrected chi connectivity index (χ4v) is 3.84. The minimum absolute atomic E-state index is 0.00418. The third kappa shape index (κ3) is 5.95. The number of carboxylic acids is 1. The number of amidine groups is 1. The molecular weight excluding hydrogens is 536 g/mol. The SMILES string of the molecule is N=C(N)Nc1cccc(Oc2nc(Oc3ccc(C(=N)N)c(C(=O)O)c3)c3c(n2)OC(Cc2c[nH]cn2)C(=O)N3)c1. The van der Waals surface area contributed by atoms with Gasteiger partial charge in [0.25, 0.3) is 11.8 Å². The molecule has 0 bridgehead atoms. The number of carbonyl (C=O) groups excluding carboxylic acids is 1. The lowest BCUT2D eigenvalue weighted by Crippen LogP contribution is -2.39. The van der Waals surface area contributed by atoms with Gasteiger partial charge in [0.05, 0.1) is 17.6 Å². The fourth-order valence-electron chi connectivity index (χ4n) is 3.84. The summed E-state index contributed by atoms with van der Waals surface area (Å²) in [6.07, 6.45) is 2.25. The number of nitrogens with zero attached hydrogens (tertiary/aromatic N) is 3. The van der Waals surface area contributed by atoms with Crippen LogP contribution in [0.2, 0.25) is 0 Å². The lowest BCUT2D eigenvalue weighted by Gasteiger charge is -2.25. The minimum atomic E-state index is -1.33. The zero-order valence-electron chi connectivity index (χ0n) is 21.0. The summed E-state index contributed by atoms with van der Waals surface area (Å²) in [4.78, 5) is 40.1. The molecule has 10 N–H and O–H groups in total. The number of aromatic carboxylic acids is 1. The van der Waals surface area contributed by atoms with Crippen LogP contribution in [0.25, 0.3) is 0 Å². The maximum atomic E-state index is 12.9. The van der Waals surface area contributed by atoms with E-state index >= 15 is 0 Å². The molecule has 16 nitrogen and oxygen atoms in total. The smallest absolute Gasteiger partial charge is 0.336 e. The Hall–Kier alpha value is -6.19. The summed E-state index contributed by atoms with van der Waals surface area (Å²) in [6, 6.07) is 10.1. The van der Waals surface area contributed by atoms with Crippen molar-refractivity contribution in [2.45, 2.75) is 12.5 Å². The molecule has 0 saturated heterocycles. The maximum absolute atomic E-state index is 12.9. The maximum Gasteiger partial charge on any atom is 0.336 e. The molecule has 0 fully saturated rings. The van der Waals surface area contributed by atoms with Gasteiger partial charge in [0, 0.05) is 29.9 Å². The van der Waals surface area contributed by atoms with Gasteiger partial charge in [-0.3, -0.25) is 15.6 Å². The number of hydrogen-bond donors (Lipinski definition) is 8. The third-order valence-electron chi connectivity index (χ3n) is 5.61. The minimum Gasteiger partial charge on any atom is -0.478 e. The summed E-state index contributed by atoms with van der Waals surface area (Å²) in [7, 11) is 0. The number of carboxylic acid groups (broad SMARTS) is 1. The van der Waals surface area contributed by atoms with Gasteiger partial charge in [-0.05, 0) is 30.3 Å². The number of aromatic amines is 1. The first-order valence-corrected chi connectivity index (χ1v) is 11.8. The van der Waals surface area contributed by atoms with E-state index < -0.39 is 23.8 Å². The largest absolute Gasteiger partial charge is 0.478 e. The number of benzene rings is 2. The molecule has 2 aromatic carbocycles. The van der Waals surface area contributed by atoms with Crippen molar-refractivity contribution in [3.05, 3.63) is 71.8 Å². The topological polar surface area (TPSA) is 260 Å². The predicted octanol–water partition coefficient (Wildman–Crippen LogP) is 2.01. The van der Waals surface area contributed by atoms with Gasteiger partial charge in [-0.15, -0.1) is 0 Å². The Labute approximate surface area is 230 Å². The molecule has 16 heteroatoms. The lowest BCUT2D eigenvalue weighted by molar-refractivity contribution is -0.123. The van der Waals surface area contributed by atoms with E-state index in [-0.39, 0.29) is 58.5 Å². The van der Waals surface area contributed by atoms with Gasteiger partial charge >= 0.3 is 12.0 Å². The lowest BCUT2D eigenvalue weighted by atomic mass is 10.1. The summed E-state index contributed by atoms with van der Waals surface area (Å²) < 4.78 is 17.6. The van der Waals surface area contributed by atoms with Crippen LogP contribution in [0.5, 0.6) is 29.3 Å². The highest BCUT2D eigenvalue weighted by Gasteiger charge is 2.33. The van der Waals surface area contributed by atoms with Crippen LogP contribution < -0.4 is 36.3 Å². The van der Waals surface area contributed by atoms with Crippen LogP contribution in [0.15, 0.2) is 55.0 Å². The van der Waals surface area contributed by atoms with Gasteiger partial charge < -0.3 is 46.4 Å². The van der Waals surface area contributed by atoms with Crippen LogP contribution >= 0.6 is 0 Å². The first-order valence-electron chi connectivity index (χ1n) is 11.8. The van der Waals surface area contributed by atoms with Crippen molar-refractivity contribution >= 4 is 35.0 Å². The number of nitrogens with one attached hydrogen (secondary N) is 5. The number of hydrogen-bond acceptors (Lipinski definition) is 10. The molecule has 0 radical (unpaired) electrons. The third-order valence-corrected chi connectivity index (χ3v) is 5.61. The Morgan fingerprint density at radius 1 is 1.10 bits per heavy atom. The summed E-state index contributed by atoms with van der Waals surface area (Å²) in [5.74, 6) is -2.53. The molecule has 0 saturated carbocycles. The standard InChI is InChI=1S/C25H22N10O6/c26-19(27)15-5-4-14(8-16(15)23(37)38)39-21-18-22(41-17(20(36)33-18)7-12-9-30-10-31-12)35-25(34-21)40-13-3-1-2-11(6-13)32-24(28)29/h1-6,8-10,17H,7H2,(H3,26,27)(H,30,31)(H,33,36)(H,37,38)(H4,28,29,32). The number of H-pyrrole nitrogens is 1. The molecular formula is C25H22N10O6. The number of nitrogens with two attached hydrogens (primary N) is 2. The summed E-state index contributed by atoms with van der Waals surface area (Å²) >= 11 is 0. The van der Waals surface area contributed by atoms with E-state index in [0.717, 1.165) is 6.07 Å². The van der Waals surface area contributed by atoms with Crippen molar-refractivity contribution in [2.75, 3.05) is 10.6 Å². The molecule has 0 spiro atoms. The van der Waals surface area contributed by atoms with Crippen molar-refractivity contribution in [3.63, 3.8) is 0 Å². The first kappa shape index (κ1) is 26.4. The van der Waals surface area contributed by atoms with Crippen molar-refractivity contribution in [1.82, 2.24) is 19.9 Å². The van der Waals surface area contributed by atoms with Crippen LogP contribution in [0, 0.1) is 10.8 Å². The molecule has 4 aromatic rings. The Balaban J connectivity index is 1.52. The van der Waals surface area contributed by atoms with E-state index in [1.807, 2.05) is 0 Å². The average Bonchev–Trinajstić information content (AvgIpc) is 3.42. The molecule has 1 unspecified atom stereocenters. The van der Waals surface area contributed by atoms with E-state index in [9.17, 15) is 14.7 Å². The van der Waals surface area contributed by atoms with Crippen LogP contribution in [-0.2, 0) is 11.2 Å². The van der Waals surface area contributed by atoms with E-state index in [2.05, 4.69) is 30.6 Å².